The Morgan fingerprint density at radius 1 is 1.39 bits per heavy atom. The topological polar surface area (TPSA) is 117 Å². The van der Waals surface area contributed by atoms with E-state index in [9.17, 15) is 22.7 Å². The molecule has 4 atom stereocenters. The quantitative estimate of drug-likeness (QED) is 0.694. The number of sulfonamides is 1. The number of pyridine rings is 1. The van der Waals surface area contributed by atoms with Crippen molar-refractivity contribution < 1.29 is 17.9 Å². The molecule has 0 unspecified atom stereocenters. The summed E-state index contributed by atoms with van der Waals surface area (Å²) in [6.45, 7) is 1.64. The van der Waals surface area contributed by atoms with Crippen LogP contribution in [0.1, 0.15) is 38.6 Å². The molecule has 0 spiro atoms. The van der Waals surface area contributed by atoms with Crippen molar-refractivity contribution in [3.8, 4) is 0 Å². The smallest absolute Gasteiger partial charge is 0.271 e. The highest BCUT2D eigenvalue weighted by molar-refractivity contribution is 7.88. The van der Waals surface area contributed by atoms with Crippen molar-refractivity contribution in [2.75, 3.05) is 24.7 Å². The molecule has 0 aromatic carbocycles. The Hall–Kier alpha value is -1.82. The number of nitrogens with one attached hydrogen (secondary N) is 1. The fourth-order valence-electron chi connectivity index (χ4n) is 4.49. The molecule has 1 saturated carbocycles. The summed E-state index contributed by atoms with van der Waals surface area (Å²) in [4.78, 5) is 21.5. The molecule has 1 aliphatic heterocycles. The SMILES string of the molecule is C[C@@]1(O)CCC[C@H]1n1c(=O)c(Cl)cc2cnc(N[C@H]3CCN(S(C)(=O)=O)C[C@H]3F)nc21. The Labute approximate surface area is 184 Å². The number of nitrogens with zero attached hydrogens (tertiary/aromatic N) is 4. The molecule has 4 rings (SSSR count). The number of anilines is 1. The van der Waals surface area contributed by atoms with Crippen LogP contribution in [0.15, 0.2) is 17.1 Å². The minimum atomic E-state index is -3.46. The maximum Gasteiger partial charge on any atom is 0.271 e. The molecule has 2 aliphatic rings. The number of hydrogen-bond donors (Lipinski definition) is 2. The number of piperidine rings is 1. The average molecular weight is 474 g/mol. The van der Waals surface area contributed by atoms with Gasteiger partial charge in [0.25, 0.3) is 5.56 Å². The lowest BCUT2D eigenvalue weighted by Gasteiger charge is -2.33. The van der Waals surface area contributed by atoms with E-state index < -0.39 is 39.4 Å². The number of halogens is 2. The van der Waals surface area contributed by atoms with E-state index in [2.05, 4.69) is 15.3 Å². The molecule has 2 fully saturated rings. The Kier molecular flexibility index (Phi) is 5.74. The van der Waals surface area contributed by atoms with Gasteiger partial charge in [0.15, 0.2) is 0 Å². The molecule has 9 nitrogen and oxygen atoms in total. The molecule has 0 radical (unpaired) electrons. The van der Waals surface area contributed by atoms with Crippen LogP contribution in [0.2, 0.25) is 5.02 Å². The largest absolute Gasteiger partial charge is 0.388 e. The van der Waals surface area contributed by atoms with Crippen LogP contribution < -0.4 is 10.9 Å². The van der Waals surface area contributed by atoms with Crippen molar-refractivity contribution in [1.82, 2.24) is 18.8 Å². The zero-order chi connectivity index (χ0) is 22.6. The van der Waals surface area contributed by atoms with Gasteiger partial charge in [-0.3, -0.25) is 9.36 Å². The van der Waals surface area contributed by atoms with Gasteiger partial charge in [-0.1, -0.05) is 11.6 Å². The summed E-state index contributed by atoms with van der Waals surface area (Å²) in [5, 5.41) is 14.3. The van der Waals surface area contributed by atoms with Crippen LogP contribution in [0.25, 0.3) is 11.0 Å². The standard InChI is InChI=1S/C19H25ClFN5O4S/c1-19(28)6-3-4-15(19)26-16-11(8-12(20)17(26)27)9-22-18(24-16)23-14-5-7-25(10-13(14)21)31(2,29)30/h8-9,13-15,28H,3-7,10H2,1-2H3,(H,22,23,24)/t13-,14+,15-,19-/m1/s1. The molecular formula is C19H25ClFN5O4S. The van der Waals surface area contributed by atoms with Gasteiger partial charge < -0.3 is 10.4 Å². The number of hydrogen-bond acceptors (Lipinski definition) is 7. The monoisotopic (exact) mass is 473 g/mol. The highest BCUT2D eigenvalue weighted by Gasteiger charge is 2.40. The zero-order valence-electron chi connectivity index (χ0n) is 17.3. The predicted octanol–water partition coefficient (Wildman–Crippen LogP) is 1.70. The summed E-state index contributed by atoms with van der Waals surface area (Å²) in [6.07, 6.45) is 3.28. The third-order valence-corrected chi connectivity index (χ3v) is 7.75. The number of fused-ring (bicyclic) bond motifs is 1. The fourth-order valence-corrected chi connectivity index (χ4v) is 5.55. The van der Waals surface area contributed by atoms with Crippen molar-refractivity contribution >= 4 is 38.6 Å². The Balaban J connectivity index is 1.68. The van der Waals surface area contributed by atoms with E-state index >= 15 is 0 Å². The number of aromatic nitrogens is 3. The van der Waals surface area contributed by atoms with Crippen LogP contribution in [0.5, 0.6) is 0 Å². The molecule has 12 heteroatoms. The number of rotatable bonds is 4. The van der Waals surface area contributed by atoms with Crippen LogP contribution in [-0.2, 0) is 10.0 Å². The summed E-state index contributed by atoms with van der Waals surface area (Å²) >= 11 is 6.14. The van der Waals surface area contributed by atoms with Gasteiger partial charge in [-0.05, 0) is 38.7 Å². The van der Waals surface area contributed by atoms with E-state index in [1.54, 1.807) is 6.92 Å². The first kappa shape index (κ1) is 22.4. The van der Waals surface area contributed by atoms with Crippen molar-refractivity contribution in [3.63, 3.8) is 0 Å². The van der Waals surface area contributed by atoms with Gasteiger partial charge in [0.1, 0.15) is 16.8 Å². The number of aliphatic hydroxyl groups is 1. The summed E-state index contributed by atoms with van der Waals surface area (Å²) in [7, 11) is -3.46. The van der Waals surface area contributed by atoms with Gasteiger partial charge in [-0.25, -0.2) is 17.8 Å². The molecule has 3 heterocycles. The summed E-state index contributed by atoms with van der Waals surface area (Å²) in [5.74, 6) is 0.126. The van der Waals surface area contributed by atoms with Crippen molar-refractivity contribution in [2.24, 2.45) is 0 Å². The van der Waals surface area contributed by atoms with E-state index in [-0.39, 0.29) is 30.5 Å². The minimum Gasteiger partial charge on any atom is -0.388 e. The van der Waals surface area contributed by atoms with Crippen molar-refractivity contribution in [2.45, 2.75) is 56.5 Å². The highest BCUT2D eigenvalue weighted by Crippen LogP contribution is 2.39. The second kappa shape index (κ2) is 7.95. The lowest BCUT2D eigenvalue weighted by atomic mass is 10.00. The minimum absolute atomic E-state index is 0.0106. The van der Waals surface area contributed by atoms with Gasteiger partial charge >= 0.3 is 0 Å². The normalized spacial score (nSPS) is 30.0. The Bertz CT molecular complexity index is 1170. The Morgan fingerprint density at radius 2 is 2.13 bits per heavy atom. The molecule has 0 amide bonds. The molecule has 2 aromatic heterocycles. The molecule has 1 aliphatic carbocycles. The van der Waals surface area contributed by atoms with Crippen LogP contribution >= 0.6 is 11.6 Å². The van der Waals surface area contributed by atoms with Crippen LogP contribution in [-0.4, -0.2) is 69.5 Å². The molecule has 31 heavy (non-hydrogen) atoms. The predicted molar refractivity (Wildman–Crippen MR) is 116 cm³/mol. The van der Waals surface area contributed by atoms with Gasteiger partial charge in [0.2, 0.25) is 16.0 Å². The molecule has 2 N–H and O–H groups in total. The van der Waals surface area contributed by atoms with Crippen LogP contribution in [0, 0.1) is 0 Å². The fraction of sp³-hybridized carbons (Fsp3) is 0.632. The van der Waals surface area contributed by atoms with Crippen molar-refractivity contribution in [1.29, 1.82) is 0 Å². The van der Waals surface area contributed by atoms with Crippen LogP contribution in [0.4, 0.5) is 10.3 Å². The van der Waals surface area contributed by atoms with E-state index in [0.29, 0.717) is 23.9 Å². The average Bonchev–Trinajstić information content (AvgIpc) is 3.03. The van der Waals surface area contributed by atoms with E-state index in [0.717, 1.165) is 17.0 Å². The van der Waals surface area contributed by atoms with E-state index in [1.165, 1.54) is 16.8 Å². The molecule has 170 valence electrons. The molecule has 2 aromatic rings. The van der Waals surface area contributed by atoms with Gasteiger partial charge in [-0.2, -0.15) is 9.29 Å². The molecule has 0 bridgehead atoms. The maximum absolute atomic E-state index is 14.6. The van der Waals surface area contributed by atoms with Crippen molar-refractivity contribution in [3.05, 3.63) is 27.6 Å². The Morgan fingerprint density at radius 3 is 2.74 bits per heavy atom. The summed E-state index contributed by atoms with van der Waals surface area (Å²) < 4.78 is 40.5. The first-order valence-electron chi connectivity index (χ1n) is 10.1. The molecular weight excluding hydrogens is 449 g/mol. The second-order valence-electron chi connectivity index (χ2n) is 8.58. The zero-order valence-corrected chi connectivity index (χ0v) is 18.8. The molecule has 1 saturated heterocycles. The first-order chi connectivity index (χ1) is 14.5. The summed E-state index contributed by atoms with van der Waals surface area (Å²) in [6, 6.07) is 0.319. The number of alkyl halides is 1. The lowest BCUT2D eigenvalue weighted by molar-refractivity contribution is 0.0267. The third kappa shape index (κ3) is 4.28. The first-order valence-corrected chi connectivity index (χ1v) is 12.4. The van der Waals surface area contributed by atoms with Gasteiger partial charge in [0, 0.05) is 24.7 Å². The van der Waals surface area contributed by atoms with Gasteiger partial charge in [0.05, 0.1) is 23.9 Å². The van der Waals surface area contributed by atoms with E-state index in [4.69, 9.17) is 11.6 Å². The summed E-state index contributed by atoms with van der Waals surface area (Å²) in [5.41, 5.74) is -1.22. The van der Waals surface area contributed by atoms with Crippen LogP contribution in [0.3, 0.4) is 0 Å². The third-order valence-electron chi connectivity index (χ3n) is 6.21. The maximum atomic E-state index is 14.6. The highest BCUT2D eigenvalue weighted by atomic mass is 35.5. The van der Waals surface area contributed by atoms with E-state index in [1.807, 2.05) is 0 Å². The van der Waals surface area contributed by atoms with Gasteiger partial charge in [-0.15, -0.1) is 0 Å². The second-order valence-corrected chi connectivity index (χ2v) is 11.0. The lowest BCUT2D eigenvalue weighted by Crippen LogP contribution is -2.49.